The first-order valence-corrected chi connectivity index (χ1v) is 8.59. The topological polar surface area (TPSA) is 91.5 Å². The number of esters is 1. The summed E-state index contributed by atoms with van der Waals surface area (Å²) in [6.45, 7) is 6.79. The van der Waals surface area contributed by atoms with Crippen molar-refractivity contribution in [3.05, 3.63) is 22.5 Å². The molecule has 1 aromatic rings. The molecule has 1 amide bonds. The molecule has 0 bridgehead atoms. The highest BCUT2D eigenvalue weighted by molar-refractivity contribution is 6.03. The van der Waals surface area contributed by atoms with Crippen LogP contribution in [0.3, 0.4) is 0 Å². The average Bonchev–Trinajstić information content (AvgIpc) is 2.93. The summed E-state index contributed by atoms with van der Waals surface area (Å²) in [4.78, 5) is 41.7. The van der Waals surface area contributed by atoms with Gasteiger partial charge in [0.15, 0.2) is 5.78 Å². The molecule has 0 aliphatic carbocycles. The zero-order chi connectivity index (χ0) is 18.7. The summed E-state index contributed by atoms with van der Waals surface area (Å²) < 4.78 is 4.79. The number of amides is 1. The summed E-state index contributed by atoms with van der Waals surface area (Å²) in [5, 5.41) is 2.69. The van der Waals surface area contributed by atoms with Gasteiger partial charge in [-0.25, -0.2) is 4.79 Å². The minimum atomic E-state index is -0.440. The van der Waals surface area contributed by atoms with Crippen LogP contribution in [0.5, 0.6) is 0 Å². The van der Waals surface area contributed by atoms with Gasteiger partial charge in [0.05, 0.1) is 24.4 Å². The Labute approximate surface area is 148 Å². The van der Waals surface area contributed by atoms with E-state index in [2.05, 4.69) is 15.2 Å². The van der Waals surface area contributed by atoms with Crippen LogP contribution in [0.1, 0.15) is 51.9 Å². The van der Waals surface area contributed by atoms with Crippen LogP contribution >= 0.6 is 0 Å². The van der Waals surface area contributed by atoms with Crippen LogP contribution in [0.2, 0.25) is 0 Å². The normalized spacial score (nSPS) is 17.2. The Balaban J connectivity index is 2.11. The summed E-state index contributed by atoms with van der Waals surface area (Å²) in [6.07, 6.45) is 1.49. The van der Waals surface area contributed by atoms with Gasteiger partial charge in [-0.05, 0) is 52.3 Å². The van der Waals surface area contributed by atoms with Crippen molar-refractivity contribution in [2.75, 3.05) is 27.2 Å². The largest absolute Gasteiger partial charge is 0.465 e. The Morgan fingerprint density at radius 1 is 1.24 bits per heavy atom. The molecule has 2 heterocycles. The first-order chi connectivity index (χ1) is 11.8. The number of nitrogens with zero attached hydrogens (tertiary/aromatic N) is 1. The number of hydrogen-bond donors (Lipinski definition) is 2. The second-order valence-electron chi connectivity index (χ2n) is 6.58. The van der Waals surface area contributed by atoms with Crippen molar-refractivity contribution in [1.29, 1.82) is 0 Å². The number of Topliss-reactive ketones (excluding diaryl/α,β-unsaturated/α-hetero) is 1. The van der Waals surface area contributed by atoms with Gasteiger partial charge in [-0.3, -0.25) is 14.5 Å². The molecule has 25 heavy (non-hydrogen) atoms. The molecule has 1 saturated heterocycles. The Kier molecular flexibility index (Phi) is 6.00. The van der Waals surface area contributed by atoms with E-state index in [0.29, 0.717) is 35.6 Å². The van der Waals surface area contributed by atoms with Gasteiger partial charge in [-0.15, -0.1) is 0 Å². The molecule has 0 aromatic carbocycles. The van der Waals surface area contributed by atoms with Gasteiger partial charge in [-0.1, -0.05) is 0 Å². The number of hydrogen-bond acceptors (Lipinski definition) is 5. The second-order valence-corrected chi connectivity index (χ2v) is 6.58. The molecule has 2 N–H and O–H groups in total. The molecule has 1 aromatic heterocycles. The number of ether oxygens (including phenoxy) is 1. The predicted octanol–water partition coefficient (Wildman–Crippen LogP) is 1.45. The molecule has 1 aliphatic rings. The molecule has 1 atom stereocenters. The number of piperidine rings is 1. The summed E-state index contributed by atoms with van der Waals surface area (Å²) in [7, 11) is 2.98. The highest BCUT2D eigenvalue weighted by Gasteiger charge is 2.32. The first-order valence-electron chi connectivity index (χ1n) is 8.59. The monoisotopic (exact) mass is 349 g/mol. The summed E-state index contributed by atoms with van der Waals surface area (Å²) in [6, 6.07) is -0.312. The third-order valence-corrected chi connectivity index (χ3v) is 5.15. The Bertz CT molecular complexity index is 672. The molecule has 1 aliphatic heterocycles. The molecule has 2 rings (SSSR count). The van der Waals surface area contributed by atoms with Gasteiger partial charge in [-0.2, -0.15) is 0 Å². The Morgan fingerprint density at radius 2 is 1.84 bits per heavy atom. The van der Waals surface area contributed by atoms with Crippen LogP contribution in [-0.2, 0) is 9.53 Å². The number of H-pyrrole nitrogens is 1. The van der Waals surface area contributed by atoms with Crippen LogP contribution in [0.25, 0.3) is 0 Å². The quantitative estimate of drug-likeness (QED) is 0.620. The number of carbonyl (C=O) groups excluding carboxylic acids is 3. The van der Waals surface area contributed by atoms with Crippen molar-refractivity contribution in [1.82, 2.24) is 15.2 Å². The lowest BCUT2D eigenvalue weighted by molar-refractivity contribution is -0.126. The molecule has 7 heteroatoms. The van der Waals surface area contributed by atoms with E-state index in [9.17, 15) is 14.4 Å². The van der Waals surface area contributed by atoms with Crippen molar-refractivity contribution in [3.63, 3.8) is 0 Å². The molecule has 7 nitrogen and oxygen atoms in total. The number of methoxy groups -OCH3 is 1. The van der Waals surface area contributed by atoms with Crippen molar-refractivity contribution in [2.45, 2.75) is 39.7 Å². The fourth-order valence-electron chi connectivity index (χ4n) is 3.53. The van der Waals surface area contributed by atoms with Crippen molar-refractivity contribution >= 4 is 17.7 Å². The molecular weight excluding hydrogens is 322 g/mol. The average molecular weight is 349 g/mol. The number of rotatable bonds is 5. The fraction of sp³-hybridized carbons (Fsp3) is 0.611. The number of carbonyl (C=O) groups is 3. The Hall–Kier alpha value is -2.15. The van der Waals surface area contributed by atoms with Gasteiger partial charge in [0.2, 0.25) is 5.91 Å². The van der Waals surface area contributed by atoms with Gasteiger partial charge < -0.3 is 15.0 Å². The number of aromatic amines is 1. The molecule has 0 spiro atoms. The van der Waals surface area contributed by atoms with Gasteiger partial charge in [0.1, 0.15) is 0 Å². The lowest BCUT2D eigenvalue weighted by atomic mass is 9.94. The van der Waals surface area contributed by atoms with Crippen LogP contribution in [0.15, 0.2) is 0 Å². The van der Waals surface area contributed by atoms with E-state index in [1.807, 2.05) is 6.92 Å². The minimum Gasteiger partial charge on any atom is -0.465 e. The highest BCUT2D eigenvalue weighted by atomic mass is 16.5. The lowest BCUT2D eigenvalue weighted by Gasteiger charge is -2.34. The molecule has 0 radical (unpaired) electrons. The zero-order valence-electron chi connectivity index (χ0n) is 15.6. The van der Waals surface area contributed by atoms with Gasteiger partial charge in [0, 0.05) is 18.7 Å². The van der Waals surface area contributed by atoms with Gasteiger partial charge in [0.25, 0.3) is 0 Å². The van der Waals surface area contributed by atoms with Crippen LogP contribution in [0, 0.1) is 19.8 Å². The third kappa shape index (κ3) is 3.76. The van der Waals surface area contributed by atoms with E-state index in [-0.39, 0.29) is 23.7 Å². The van der Waals surface area contributed by atoms with E-state index < -0.39 is 5.97 Å². The molecular formula is C18H27N3O4. The summed E-state index contributed by atoms with van der Waals surface area (Å²) >= 11 is 0. The minimum absolute atomic E-state index is 0.0175. The first kappa shape index (κ1) is 19.2. The number of aromatic nitrogens is 1. The van der Waals surface area contributed by atoms with Crippen LogP contribution < -0.4 is 5.32 Å². The maximum Gasteiger partial charge on any atom is 0.339 e. The highest BCUT2D eigenvalue weighted by Crippen LogP contribution is 2.24. The van der Waals surface area contributed by atoms with E-state index in [4.69, 9.17) is 4.74 Å². The molecule has 1 fully saturated rings. The summed E-state index contributed by atoms with van der Waals surface area (Å²) in [5.41, 5.74) is 2.15. The number of aryl methyl sites for hydroxylation is 1. The molecule has 138 valence electrons. The van der Waals surface area contributed by atoms with Crippen LogP contribution in [-0.4, -0.2) is 60.8 Å². The van der Waals surface area contributed by atoms with E-state index in [1.54, 1.807) is 20.9 Å². The van der Waals surface area contributed by atoms with E-state index in [0.717, 1.165) is 12.8 Å². The smallest absolute Gasteiger partial charge is 0.339 e. The third-order valence-electron chi connectivity index (χ3n) is 5.15. The van der Waals surface area contributed by atoms with E-state index in [1.165, 1.54) is 7.11 Å². The van der Waals surface area contributed by atoms with E-state index >= 15 is 0 Å². The summed E-state index contributed by atoms with van der Waals surface area (Å²) in [5.74, 6) is -0.403. The number of nitrogens with one attached hydrogen (secondary N) is 2. The predicted molar refractivity (Wildman–Crippen MR) is 93.8 cm³/mol. The maximum atomic E-state index is 12.9. The zero-order valence-corrected chi connectivity index (χ0v) is 15.6. The molecule has 0 saturated carbocycles. The Morgan fingerprint density at radius 3 is 2.36 bits per heavy atom. The second kappa shape index (κ2) is 7.82. The van der Waals surface area contributed by atoms with Crippen molar-refractivity contribution in [2.24, 2.45) is 5.92 Å². The fourth-order valence-corrected chi connectivity index (χ4v) is 3.53. The SMILES string of the molecule is CNC(=O)C1CCN([C@H](C)C(=O)c2[nH]c(C)c(C(=O)OC)c2C)CC1. The van der Waals surface area contributed by atoms with Gasteiger partial charge >= 0.3 is 5.97 Å². The number of ketones is 1. The lowest BCUT2D eigenvalue weighted by Crippen LogP contribution is -2.46. The number of likely N-dealkylation sites (tertiary alicyclic amines) is 1. The van der Waals surface area contributed by atoms with Crippen LogP contribution in [0.4, 0.5) is 0 Å². The standard InChI is InChI=1S/C18H27N3O4/c1-10-14(18(24)25-5)11(2)20-15(10)16(22)12(3)21-8-6-13(7-9-21)17(23)19-4/h12-13,20H,6-9H2,1-5H3,(H,19,23)/t12-/m1/s1. The van der Waals surface area contributed by atoms with Crippen molar-refractivity contribution in [3.8, 4) is 0 Å². The maximum absolute atomic E-state index is 12.9. The van der Waals surface area contributed by atoms with Crippen molar-refractivity contribution < 1.29 is 19.1 Å². The molecule has 0 unspecified atom stereocenters.